The summed E-state index contributed by atoms with van der Waals surface area (Å²) in [6.45, 7) is 2.07. The lowest BCUT2D eigenvalue weighted by Crippen LogP contribution is -2.45. The Morgan fingerprint density at radius 2 is 1.67 bits per heavy atom. The van der Waals surface area contributed by atoms with Crippen molar-refractivity contribution in [3.05, 3.63) is 0 Å². The zero-order valence-electron chi connectivity index (χ0n) is 10.5. The summed E-state index contributed by atoms with van der Waals surface area (Å²) in [4.78, 5) is 22.7. The molecule has 0 aromatic heterocycles. The molecule has 4 nitrogen and oxygen atoms in total. The molecule has 0 saturated heterocycles. The lowest BCUT2D eigenvalue weighted by Gasteiger charge is -2.31. The first-order chi connectivity index (χ1) is 8.21. The van der Waals surface area contributed by atoms with Crippen molar-refractivity contribution in [2.75, 3.05) is 6.54 Å². The molecule has 0 aliphatic heterocycles. The van der Waals surface area contributed by atoms with Gasteiger partial charge in [0.05, 0.1) is 6.42 Å². The highest BCUT2D eigenvalue weighted by atomic mass is 19.4. The first-order valence-electron chi connectivity index (χ1n) is 5.79. The first kappa shape index (κ1) is 16.7. The van der Waals surface area contributed by atoms with Crippen LogP contribution in [0, 0.1) is 0 Å². The van der Waals surface area contributed by atoms with Crippen LogP contribution in [-0.4, -0.2) is 40.6 Å². The molecule has 0 saturated carbocycles. The van der Waals surface area contributed by atoms with Crippen molar-refractivity contribution in [3.63, 3.8) is 0 Å². The van der Waals surface area contributed by atoms with Gasteiger partial charge in [-0.15, -0.1) is 0 Å². The van der Waals surface area contributed by atoms with Gasteiger partial charge in [0.25, 0.3) is 0 Å². The van der Waals surface area contributed by atoms with Gasteiger partial charge in [-0.1, -0.05) is 13.8 Å². The van der Waals surface area contributed by atoms with Gasteiger partial charge in [0, 0.05) is 12.5 Å². The van der Waals surface area contributed by atoms with Crippen LogP contribution in [0.5, 0.6) is 0 Å². The van der Waals surface area contributed by atoms with Crippen molar-refractivity contribution in [3.8, 4) is 0 Å². The van der Waals surface area contributed by atoms with Crippen LogP contribution >= 0.6 is 0 Å². The summed E-state index contributed by atoms with van der Waals surface area (Å²) in [7, 11) is 0. The molecule has 106 valence electrons. The number of halogens is 3. The van der Waals surface area contributed by atoms with Gasteiger partial charge in [-0.2, -0.15) is 13.2 Å². The summed E-state index contributed by atoms with van der Waals surface area (Å²) < 4.78 is 37.2. The van der Waals surface area contributed by atoms with Crippen molar-refractivity contribution in [2.24, 2.45) is 0 Å². The Balaban J connectivity index is 4.73. The van der Waals surface area contributed by atoms with Crippen LogP contribution in [-0.2, 0) is 9.59 Å². The van der Waals surface area contributed by atoms with Gasteiger partial charge >= 0.3 is 12.1 Å². The fourth-order valence-electron chi connectivity index (χ4n) is 1.70. The minimum Gasteiger partial charge on any atom is -0.481 e. The number of amides is 1. The molecular formula is C11H18F3NO3. The number of rotatable bonds is 7. The molecule has 0 bridgehead atoms. The van der Waals surface area contributed by atoms with Crippen molar-refractivity contribution in [1.82, 2.24) is 4.90 Å². The molecule has 0 spiro atoms. The SMILES string of the molecule is CCC(CC)N(CC(F)(F)F)C(=O)CCC(=O)O. The minimum atomic E-state index is -4.47. The number of hydrogen-bond donors (Lipinski definition) is 1. The second-order valence-electron chi connectivity index (χ2n) is 4.00. The molecule has 0 rings (SSSR count). The molecule has 0 atom stereocenters. The van der Waals surface area contributed by atoms with Gasteiger partial charge in [0.2, 0.25) is 5.91 Å². The molecule has 1 amide bonds. The van der Waals surface area contributed by atoms with Gasteiger partial charge in [-0.3, -0.25) is 9.59 Å². The number of alkyl halides is 3. The number of aliphatic carboxylic acids is 1. The summed E-state index contributed by atoms with van der Waals surface area (Å²) in [5, 5.41) is 8.44. The number of hydrogen-bond acceptors (Lipinski definition) is 2. The van der Waals surface area contributed by atoms with Crippen LogP contribution < -0.4 is 0 Å². The predicted octanol–water partition coefficient (Wildman–Crippen LogP) is 2.43. The molecule has 7 heteroatoms. The van der Waals surface area contributed by atoms with Gasteiger partial charge in [0.15, 0.2) is 0 Å². The number of carbonyl (C=O) groups is 2. The fourth-order valence-corrected chi connectivity index (χ4v) is 1.70. The average molecular weight is 269 g/mol. The monoisotopic (exact) mass is 269 g/mol. The summed E-state index contributed by atoms with van der Waals surface area (Å²) in [5.74, 6) is -1.96. The summed E-state index contributed by atoms with van der Waals surface area (Å²) >= 11 is 0. The molecule has 0 aromatic carbocycles. The molecule has 0 aliphatic carbocycles. The van der Waals surface area contributed by atoms with E-state index in [9.17, 15) is 22.8 Å². The Labute approximate surface area is 104 Å². The maximum atomic E-state index is 12.4. The normalized spacial score (nSPS) is 11.7. The van der Waals surface area contributed by atoms with Gasteiger partial charge in [-0.05, 0) is 12.8 Å². The number of carboxylic acid groups (broad SMARTS) is 1. The van der Waals surface area contributed by atoms with Crippen molar-refractivity contribution in [2.45, 2.75) is 51.7 Å². The lowest BCUT2D eigenvalue weighted by molar-refractivity contribution is -0.166. The molecule has 18 heavy (non-hydrogen) atoms. The standard InChI is InChI=1S/C11H18F3NO3/c1-3-8(4-2)15(7-11(12,13)14)9(16)5-6-10(17)18/h8H,3-7H2,1-2H3,(H,17,18). The van der Waals surface area contributed by atoms with Crippen LogP contribution in [0.25, 0.3) is 0 Å². The Kier molecular flexibility index (Phi) is 6.72. The maximum absolute atomic E-state index is 12.4. The second-order valence-corrected chi connectivity index (χ2v) is 4.00. The minimum absolute atomic E-state index is 0.401. The van der Waals surface area contributed by atoms with Gasteiger partial charge in [0.1, 0.15) is 6.54 Å². The Morgan fingerprint density at radius 1 is 1.17 bits per heavy atom. The van der Waals surface area contributed by atoms with Crippen molar-refractivity contribution < 1.29 is 27.9 Å². The average Bonchev–Trinajstić information content (AvgIpc) is 2.24. The molecule has 0 unspecified atom stereocenters. The summed E-state index contributed by atoms with van der Waals surface area (Å²) in [6.07, 6.45) is -4.51. The van der Waals surface area contributed by atoms with E-state index in [4.69, 9.17) is 5.11 Å². The fraction of sp³-hybridized carbons (Fsp3) is 0.818. The number of carboxylic acids is 1. The highest BCUT2D eigenvalue weighted by Gasteiger charge is 2.35. The largest absolute Gasteiger partial charge is 0.481 e. The number of carbonyl (C=O) groups excluding carboxylic acids is 1. The van der Waals surface area contributed by atoms with E-state index in [0.717, 1.165) is 4.90 Å². The molecule has 0 fully saturated rings. The molecule has 0 radical (unpaired) electrons. The van der Waals surface area contributed by atoms with E-state index >= 15 is 0 Å². The first-order valence-corrected chi connectivity index (χ1v) is 5.79. The number of nitrogens with zero attached hydrogens (tertiary/aromatic N) is 1. The zero-order valence-corrected chi connectivity index (χ0v) is 10.5. The third-order valence-electron chi connectivity index (χ3n) is 2.61. The predicted molar refractivity (Wildman–Crippen MR) is 59.0 cm³/mol. The third-order valence-corrected chi connectivity index (χ3v) is 2.61. The third kappa shape index (κ3) is 6.46. The van der Waals surface area contributed by atoms with E-state index in [-0.39, 0.29) is 0 Å². The van der Waals surface area contributed by atoms with Crippen molar-refractivity contribution in [1.29, 1.82) is 0 Å². The lowest BCUT2D eigenvalue weighted by atomic mass is 10.1. The molecule has 0 aromatic rings. The quantitative estimate of drug-likeness (QED) is 0.772. The van der Waals surface area contributed by atoms with E-state index in [0.29, 0.717) is 12.8 Å². The second kappa shape index (κ2) is 7.23. The van der Waals surface area contributed by atoms with Crippen molar-refractivity contribution >= 4 is 11.9 Å². The highest BCUT2D eigenvalue weighted by Crippen LogP contribution is 2.21. The van der Waals surface area contributed by atoms with E-state index in [1.165, 1.54) is 0 Å². The van der Waals surface area contributed by atoms with E-state index in [1.807, 2.05) is 0 Å². The van der Waals surface area contributed by atoms with Crippen LogP contribution in [0.4, 0.5) is 13.2 Å². The molecular weight excluding hydrogens is 251 g/mol. The maximum Gasteiger partial charge on any atom is 0.406 e. The molecule has 0 aliphatic rings. The Hall–Kier alpha value is -1.27. The smallest absolute Gasteiger partial charge is 0.406 e. The van der Waals surface area contributed by atoms with Crippen LogP contribution in [0.2, 0.25) is 0 Å². The summed E-state index contributed by atoms with van der Waals surface area (Å²) in [6, 6.07) is -0.507. The Bertz CT molecular complexity index is 288. The van der Waals surface area contributed by atoms with E-state index in [1.54, 1.807) is 13.8 Å². The van der Waals surface area contributed by atoms with Crippen LogP contribution in [0.3, 0.4) is 0 Å². The van der Waals surface area contributed by atoms with E-state index in [2.05, 4.69) is 0 Å². The molecule has 1 N–H and O–H groups in total. The van der Waals surface area contributed by atoms with Gasteiger partial charge in [-0.25, -0.2) is 0 Å². The van der Waals surface area contributed by atoms with Crippen LogP contribution in [0.15, 0.2) is 0 Å². The topological polar surface area (TPSA) is 57.6 Å². The summed E-state index contributed by atoms with van der Waals surface area (Å²) in [5.41, 5.74) is 0. The highest BCUT2D eigenvalue weighted by molar-refractivity contribution is 5.81. The Morgan fingerprint density at radius 3 is 2.00 bits per heavy atom. The zero-order chi connectivity index (χ0) is 14.3. The van der Waals surface area contributed by atoms with Crippen LogP contribution in [0.1, 0.15) is 39.5 Å². The van der Waals surface area contributed by atoms with Gasteiger partial charge < -0.3 is 10.0 Å². The van der Waals surface area contributed by atoms with E-state index < -0.39 is 43.5 Å². The molecule has 0 heterocycles.